The van der Waals surface area contributed by atoms with E-state index in [1.807, 2.05) is 0 Å². The molecule has 17 heteroatoms. The van der Waals surface area contributed by atoms with Gasteiger partial charge in [-0.05, 0) is 24.4 Å². The molecule has 0 amide bonds. The third-order valence-electron chi connectivity index (χ3n) is 7.00. The van der Waals surface area contributed by atoms with Crippen LogP contribution in [0.25, 0.3) is 11.0 Å². The number of hydrogen-bond donors (Lipinski definition) is 0. The molecule has 2 aliphatic rings. The van der Waals surface area contributed by atoms with Crippen molar-refractivity contribution in [3.63, 3.8) is 0 Å². The summed E-state index contributed by atoms with van der Waals surface area (Å²) < 4.78 is 48.0. The number of hydrogen-bond acceptors (Lipinski definition) is 15. The first kappa shape index (κ1) is 34.5. The largest absolute Gasteiger partial charge is 0.463 e. The quantitative estimate of drug-likeness (QED) is 0.203. The summed E-state index contributed by atoms with van der Waals surface area (Å²) in [6, 6.07) is 6.78. The minimum atomic E-state index is -1.26. The van der Waals surface area contributed by atoms with E-state index in [1.54, 1.807) is 24.3 Å². The fourth-order valence-corrected chi connectivity index (χ4v) is 5.89. The third-order valence-corrected chi connectivity index (χ3v) is 7.40. The van der Waals surface area contributed by atoms with Crippen molar-refractivity contribution in [3.8, 4) is 0 Å². The summed E-state index contributed by atoms with van der Waals surface area (Å²) in [6.45, 7) is 6.37. The second-order valence-corrected chi connectivity index (χ2v) is 10.9. The highest BCUT2D eigenvalue weighted by atomic mass is 32.1. The average Bonchev–Trinajstić information content (AvgIpc) is 3.54. The Kier molecular flexibility index (Phi) is 10.8. The molecule has 46 heavy (non-hydrogen) atoms. The first-order chi connectivity index (χ1) is 21.7. The van der Waals surface area contributed by atoms with Gasteiger partial charge < -0.3 is 37.9 Å². The van der Waals surface area contributed by atoms with E-state index < -0.39 is 84.9 Å². The Labute approximate surface area is 267 Å². The van der Waals surface area contributed by atoms with Crippen molar-refractivity contribution in [2.24, 2.45) is 0 Å². The second-order valence-electron chi connectivity index (χ2n) is 10.5. The van der Waals surface area contributed by atoms with Gasteiger partial charge in [-0.1, -0.05) is 12.1 Å². The number of nitrogens with zero attached hydrogens (tertiary/aromatic N) is 2. The van der Waals surface area contributed by atoms with Crippen LogP contribution in [-0.4, -0.2) is 94.8 Å². The van der Waals surface area contributed by atoms with Gasteiger partial charge in [0.2, 0.25) is 0 Å². The number of fused-ring (bicyclic) bond motifs is 1. The lowest BCUT2D eigenvalue weighted by Crippen LogP contribution is -2.41. The summed E-state index contributed by atoms with van der Waals surface area (Å²) in [6.07, 6.45) is -9.49. The summed E-state index contributed by atoms with van der Waals surface area (Å²) in [7, 11) is 0. The topological polar surface area (TPSA) is 186 Å². The molecule has 0 unspecified atom stereocenters. The van der Waals surface area contributed by atoms with Crippen LogP contribution in [0.15, 0.2) is 24.3 Å². The van der Waals surface area contributed by atoms with Crippen molar-refractivity contribution in [3.05, 3.63) is 29.0 Å². The number of carbonyl (C=O) groups is 6. The van der Waals surface area contributed by atoms with Crippen LogP contribution in [0.2, 0.25) is 0 Å². The normalized spacial score (nSPS) is 27.1. The van der Waals surface area contributed by atoms with E-state index in [4.69, 9.17) is 50.1 Å². The molecule has 16 nitrogen and oxygen atoms in total. The lowest BCUT2D eigenvalue weighted by atomic mass is 10.1. The molecule has 250 valence electrons. The summed E-state index contributed by atoms with van der Waals surface area (Å²) in [5.74, 6) is -4.08. The SMILES string of the molecule is CC(=O)OC[C@H]1O[C@@H](n2c(=S)n([C@@H]3O[C@H](COC(C)=O)[C@@H](OC(C)=O)[C@H]3OC(C)=O)c3ccccc32)[C@H](OC(C)=O)[C@@H]1OC(C)=O. The molecular formula is C29H34N2O14S. The number of esters is 6. The molecule has 4 rings (SSSR count). The third kappa shape index (κ3) is 7.54. The van der Waals surface area contributed by atoms with Gasteiger partial charge in [0.05, 0.1) is 11.0 Å². The van der Waals surface area contributed by atoms with Gasteiger partial charge in [0, 0.05) is 41.5 Å². The van der Waals surface area contributed by atoms with Crippen molar-refractivity contribution >= 4 is 59.1 Å². The maximum atomic E-state index is 12.3. The van der Waals surface area contributed by atoms with Gasteiger partial charge in [0.25, 0.3) is 0 Å². The number of para-hydroxylation sites is 2. The van der Waals surface area contributed by atoms with Crippen LogP contribution in [0.3, 0.4) is 0 Å². The minimum absolute atomic E-state index is 0.00919. The van der Waals surface area contributed by atoms with Gasteiger partial charge in [-0.25, -0.2) is 0 Å². The summed E-state index contributed by atoms with van der Waals surface area (Å²) in [5.41, 5.74) is 0.865. The number of ether oxygens (including phenoxy) is 8. The van der Waals surface area contributed by atoms with Crippen LogP contribution in [-0.2, 0) is 66.7 Å². The van der Waals surface area contributed by atoms with Crippen LogP contribution in [0.1, 0.15) is 54.0 Å². The van der Waals surface area contributed by atoms with Crippen LogP contribution in [0.4, 0.5) is 0 Å². The van der Waals surface area contributed by atoms with Crippen LogP contribution >= 0.6 is 12.2 Å². The fourth-order valence-electron chi connectivity index (χ4n) is 5.49. The Balaban J connectivity index is 1.88. The molecule has 2 fully saturated rings. The van der Waals surface area contributed by atoms with Gasteiger partial charge in [-0.3, -0.25) is 37.9 Å². The predicted molar refractivity (Wildman–Crippen MR) is 154 cm³/mol. The highest BCUT2D eigenvalue weighted by Crippen LogP contribution is 2.41. The maximum Gasteiger partial charge on any atom is 0.303 e. The monoisotopic (exact) mass is 666 g/mol. The number of aromatic nitrogens is 2. The summed E-state index contributed by atoms with van der Waals surface area (Å²) >= 11 is 5.94. The average molecular weight is 667 g/mol. The molecule has 0 N–H and O–H groups in total. The number of benzene rings is 1. The van der Waals surface area contributed by atoms with Gasteiger partial charge in [0.15, 0.2) is 41.6 Å². The van der Waals surface area contributed by atoms with Crippen molar-refractivity contribution in [2.45, 2.75) is 90.6 Å². The zero-order valence-electron chi connectivity index (χ0n) is 25.9. The van der Waals surface area contributed by atoms with E-state index in [-0.39, 0.29) is 18.0 Å². The Bertz CT molecular complexity index is 1470. The molecule has 2 saturated heterocycles. The van der Waals surface area contributed by atoms with E-state index in [1.165, 1.54) is 23.0 Å². The van der Waals surface area contributed by atoms with Crippen molar-refractivity contribution in [2.75, 3.05) is 13.2 Å². The van der Waals surface area contributed by atoms with Gasteiger partial charge in [-0.2, -0.15) is 0 Å². The lowest BCUT2D eigenvalue weighted by molar-refractivity contribution is -0.166. The van der Waals surface area contributed by atoms with Gasteiger partial charge in [-0.15, -0.1) is 0 Å². The maximum absolute atomic E-state index is 12.3. The smallest absolute Gasteiger partial charge is 0.303 e. The molecule has 0 aliphatic carbocycles. The van der Waals surface area contributed by atoms with Crippen molar-refractivity contribution in [1.29, 1.82) is 0 Å². The zero-order valence-corrected chi connectivity index (χ0v) is 26.7. The molecule has 0 bridgehead atoms. The molecule has 3 heterocycles. The van der Waals surface area contributed by atoms with Gasteiger partial charge >= 0.3 is 35.8 Å². The number of rotatable bonds is 10. The van der Waals surface area contributed by atoms with E-state index in [9.17, 15) is 28.8 Å². The van der Waals surface area contributed by atoms with E-state index >= 15 is 0 Å². The Morgan fingerprint density at radius 2 is 0.913 bits per heavy atom. The molecule has 1 aromatic heterocycles. The van der Waals surface area contributed by atoms with Crippen molar-refractivity contribution in [1.82, 2.24) is 9.13 Å². The summed E-state index contributed by atoms with van der Waals surface area (Å²) in [5, 5.41) is 0. The Morgan fingerprint density at radius 1 is 0.587 bits per heavy atom. The molecule has 0 spiro atoms. The minimum Gasteiger partial charge on any atom is -0.463 e. The van der Waals surface area contributed by atoms with E-state index in [0.717, 1.165) is 27.7 Å². The fraction of sp³-hybridized carbons (Fsp3) is 0.552. The van der Waals surface area contributed by atoms with Crippen LogP contribution < -0.4 is 0 Å². The van der Waals surface area contributed by atoms with E-state index in [2.05, 4.69) is 0 Å². The van der Waals surface area contributed by atoms with Crippen LogP contribution in [0.5, 0.6) is 0 Å². The molecule has 2 aliphatic heterocycles. The lowest BCUT2D eigenvalue weighted by Gasteiger charge is -2.25. The summed E-state index contributed by atoms with van der Waals surface area (Å²) in [4.78, 5) is 72.0. The highest BCUT2D eigenvalue weighted by molar-refractivity contribution is 7.71. The predicted octanol–water partition coefficient (Wildman–Crippen LogP) is 1.82. The Morgan fingerprint density at radius 3 is 1.22 bits per heavy atom. The zero-order chi connectivity index (χ0) is 33.9. The van der Waals surface area contributed by atoms with Gasteiger partial charge in [0.1, 0.15) is 25.4 Å². The Hall–Kier alpha value is -4.35. The standard InChI is InChI=1S/C29H34N2O14S/c1-13(32)38-11-21-23(40-15(3)34)25(42-17(5)36)27(44-21)30-19-9-7-8-10-20(19)31(29(30)46)28-26(43-18(6)37)24(41-16(4)35)22(45-28)12-39-14(2)33/h7-10,21-28H,11-12H2,1-6H3/t21-,22-,23-,24-,25-,26-,27-,28-/m1/s1. The first-order valence-corrected chi connectivity index (χ1v) is 14.6. The highest BCUT2D eigenvalue weighted by Gasteiger charge is 2.54. The van der Waals surface area contributed by atoms with Crippen LogP contribution in [0, 0.1) is 4.77 Å². The molecule has 8 atom stereocenters. The van der Waals surface area contributed by atoms with Crippen molar-refractivity contribution < 1.29 is 66.7 Å². The molecule has 0 saturated carbocycles. The first-order valence-electron chi connectivity index (χ1n) is 14.2. The number of imidazole rings is 1. The molecular weight excluding hydrogens is 632 g/mol. The number of carbonyl (C=O) groups excluding carboxylic acids is 6. The van der Waals surface area contributed by atoms with E-state index in [0.29, 0.717) is 11.0 Å². The second kappa shape index (κ2) is 14.4. The molecule has 1 aromatic carbocycles. The molecule has 0 radical (unpaired) electrons. The molecule has 2 aromatic rings.